The highest BCUT2D eigenvalue weighted by Gasteiger charge is 2.37. The van der Waals surface area contributed by atoms with Gasteiger partial charge in [-0.3, -0.25) is 4.79 Å². The summed E-state index contributed by atoms with van der Waals surface area (Å²) in [6.45, 7) is 6.12. The molecule has 1 aromatic carbocycles. The molecule has 0 amide bonds. The first kappa shape index (κ1) is 26.4. The van der Waals surface area contributed by atoms with Crippen LogP contribution in [0.25, 0.3) is 0 Å². The summed E-state index contributed by atoms with van der Waals surface area (Å²) in [7, 11) is -3.54. The van der Waals surface area contributed by atoms with E-state index in [0.29, 0.717) is 6.61 Å². The van der Waals surface area contributed by atoms with Crippen LogP contribution in [-0.4, -0.2) is 30.2 Å². The van der Waals surface area contributed by atoms with E-state index in [0.717, 1.165) is 24.8 Å². The lowest BCUT2D eigenvalue weighted by molar-refractivity contribution is -0.145. The molecule has 1 rings (SSSR count). The Labute approximate surface area is 191 Å². The van der Waals surface area contributed by atoms with Crippen molar-refractivity contribution in [3.8, 4) is 0 Å². The van der Waals surface area contributed by atoms with Crippen LogP contribution in [0.3, 0.4) is 0 Å². The molecule has 0 bridgehead atoms. The number of alkyl halides is 1. The van der Waals surface area contributed by atoms with Crippen molar-refractivity contribution in [1.82, 2.24) is 0 Å². The predicted octanol–water partition coefficient (Wildman–Crippen LogP) is 6.43. The predicted molar refractivity (Wildman–Crippen MR) is 128 cm³/mol. The molecule has 1 unspecified atom stereocenters. The molecule has 0 aliphatic heterocycles. The molecule has 0 fully saturated rings. The van der Waals surface area contributed by atoms with Crippen LogP contribution in [0.1, 0.15) is 83.6 Å². The van der Waals surface area contributed by atoms with Crippen LogP contribution in [0.2, 0.25) is 0 Å². The van der Waals surface area contributed by atoms with E-state index in [9.17, 15) is 13.2 Å². The number of aryl methyl sites for hydroxylation is 1. The van der Waals surface area contributed by atoms with Crippen LogP contribution in [0.5, 0.6) is 0 Å². The molecule has 0 spiro atoms. The number of ether oxygens (including phenoxy) is 1. The van der Waals surface area contributed by atoms with Gasteiger partial charge in [0, 0.05) is 0 Å². The minimum Gasteiger partial charge on any atom is -0.465 e. The molecule has 29 heavy (non-hydrogen) atoms. The van der Waals surface area contributed by atoms with Gasteiger partial charge in [0.05, 0.1) is 17.3 Å². The second-order valence-electron chi connectivity index (χ2n) is 8.09. The Bertz CT molecular complexity index is 696. The van der Waals surface area contributed by atoms with E-state index >= 15 is 0 Å². The van der Waals surface area contributed by atoms with Gasteiger partial charge in [-0.1, -0.05) is 105 Å². The van der Waals surface area contributed by atoms with E-state index < -0.39 is 19.2 Å². The van der Waals surface area contributed by atoms with E-state index in [1.165, 1.54) is 44.9 Å². The number of carbonyl (C=O) groups excluding carboxylic acids is 1. The summed E-state index contributed by atoms with van der Waals surface area (Å²) in [4.78, 5) is 12.6. The maximum absolute atomic E-state index is 12.6. The second-order valence-corrected chi connectivity index (χ2v) is 12.5. The molecule has 4 nitrogen and oxygen atoms in total. The van der Waals surface area contributed by atoms with Crippen molar-refractivity contribution in [2.45, 2.75) is 93.3 Å². The van der Waals surface area contributed by atoms with Crippen molar-refractivity contribution in [1.29, 1.82) is 0 Å². The number of carbonyl (C=O) groups is 1. The maximum atomic E-state index is 12.6. The molecule has 0 saturated carbocycles. The maximum Gasteiger partial charge on any atom is 0.322 e. The summed E-state index contributed by atoms with van der Waals surface area (Å²) in [5.41, 5.74) is 0.997. The Morgan fingerprint density at radius 2 is 1.41 bits per heavy atom. The monoisotopic (exact) mass is 536 g/mol. The average molecular weight is 537 g/mol. The van der Waals surface area contributed by atoms with E-state index in [1.54, 1.807) is 31.2 Å². The van der Waals surface area contributed by atoms with Gasteiger partial charge in [0.15, 0.2) is 9.84 Å². The zero-order valence-electron chi connectivity index (χ0n) is 18.2. The number of hydrogen-bond acceptors (Lipinski definition) is 4. The highest BCUT2D eigenvalue weighted by molar-refractivity contribution is 14.1. The summed E-state index contributed by atoms with van der Waals surface area (Å²) >= 11 is 1.90. The number of halogens is 1. The molecule has 0 aromatic heterocycles. The number of unbranched alkanes of at least 4 members (excludes halogenated alkanes) is 9. The van der Waals surface area contributed by atoms with E-state index in [1.807, 2.05) is 29.5 Å². The van der Waals surface area contributed by atoms with E-state index in [4.69, 9.17) is 4.74 Å². The standard InChI is InChI=1S/C23H37IO4S/c1-4-5-6-7-8-9-10-11-12-13-18-28-22(25)23(3,24)19-29(26,27)21-16-14-20(2)15-17-21/h14-17H,4-13,18-19H2,1-3H3. The lowest BCUT2D eigenvalue weighted by Gasteiger charge is -2.20. The molecule has 0 radical (unpaired) electrons. The average Bonchev–Trinajstić information content (AvgIpc) is 2.65. The van der Waals surface area contributed by atoms with Gasteiger partial charge in [0.2, 0.25) is 0 Å². The molecular weight excluding hydrogens is 499 g/mol. The molecule has 1 aromatic rings. The first-order valence-corrected chi connectivity index (χ1v) is 13.6. The minimum atomic E-state index is -3.54. The highest BCUT2D eigenvalue weighted by atomic mass is 127. The van der Waals surface area contributed by atoms with E-state index in [2.05, 4.69) is 6.92 Å². The molecule has 166 valence electrons. The molecule has 1 atom stereocenters. The zero-order valence-corrected chi connectivity index (χ0v) is 21.2. The Hall–Kier alpha value is -0.630. The topological polar surface area (TPSA) is 60.4 Å². The third kappa shape index (κ3) is 10.8. The largest absolute Gasteiger partial charge is 0.465 e. The van der Waals surface area contributed by atoms with Crippen molar-refractivity contribution in [3.63, 3.8) is 0 Å². The van der Waals surface area contributed by atoms with Crippen molar-refractivity contribution in [2.24, 2.45) is 0 Å². The quantitative estimate of drug-likeness (QED) is 0.112. The summed E-state index contributed by atoms with van der Waals surface area (Å²) < 4.78 is 29.5. The first-order chi connectivity index (χ1) is 13.7. The first-order valence-electron chi connectivity index (χ1n) is 10.8. The van der Waals surface area contributed by atoms with Crippen LogP contribution in [0, 0.1) is 6.92 Å². The van der Waals surface area contributed by atoms with Crippen LogP contribution < -0.4 is 0 Å². The van der Waals surface area contributed by atoms with Gasteiger partial charge in [-0.05, 0) is 32.4 Å². The van der Waals surface area contributed by atoms with Gasteiger partial charge in [-0.2, -0.15) is 0 Å². The number of hydrogen-bond donors (Lipinski definition) is 0. The Balaban J connectivity index is 2.26. The molecular formula is C23H37IO4S. The van der Waals surface area contributed by atoms with Gasteiger partial charge in [-0.25, -0.2) is 8.42 Å². The van der Waals surface area contributed by atoms with Gasteiger partial charge in [-0.15, -0.1) is 0 Å². The van der Waals surface area contributed by atoms with Gasteiger partial charge < -0.3 is 4.74 Å². The normalized spacial score (nSPS) is 13.8. The minimum absolute atomic E-state index is 0.244. The summed E-state index contributed by atoms with van der Waals surface area (Å²) in [6.07, 6.45) is 12.2. The Kier molecular flexibility index (Phi) is 12.4. The number of sulfone groups is 1. The third-order valence-electron chi connectivity index (χ3n) is 5.00. The Morgan fingerprint density at radius 3 is 1.93 bits per heavy atom. The van der Waals surface area contributed by atoms with Crippen LogP contribution in [-0.2, 0) is 19.4 Å². The van der Waals surface area contributed by atoms with Gasteiger partial charge in [0.25, 0.3) is 0 Å². The van der Waals surface area contributed by atoms with Crippen LogP contribution in [0.15, 0.2) is 29.2 Å². The number of rotatable bonds is 15. The van der Waals surface area contributed by atoms with Crippen LogP contribution >= 0.6 is 22.6 Å². The lowest BCUT2D eigenvalue weighted by Crippen LogP contribution is -2.37. The fraction of sp³-hybridized carbons (Fsp3) is 0.696. The van der Waals surface area contributed by atoms with Gasteiger partial charge >= 0.3 is 5.97 Å². The van der Waals surface area contributed by atoms with Crippen molar-refractivity contribution in [3.05, 3.63) is 29.8 Å². The molecule has 0 N–H and O–H groups in total. The van der Waals surface area contributed by atoms with E-state index in [-0.39, 0.29) is 10.6 Å². The summed E-state index contributed by atoms with van der Waals surface area (Å²) in [6, 6.07) is 6.71. The third-order valence-corrected chi connectivity index (χ3v) is 8.29. The Morgan fingerprint density at radius 1 is 0.931 bits per heavy atom. The van der Waals surface area contributed by atoms with Crippen LogP contribution in [0.4, 0.5) is 0 Å². The SMILES string of the molecule is CCCCCCCCCCCCOC(=O)C(C)(I)CS(=O)(=O)c1ccc(C)cc1. The number of esters is 1. The molecule has 6 heteroatoms. The summed E-state index contributed by atoms with van der Waals surface area (Å²) in [5.74, 6) is -0.717. The molecule has 0 saturated heterocycles. The highest BCUT2D eigenvalue weighted by Crippen LogP contribution is 2.26. The molecule has 0 aliphatic carbocycles. The fourth-order valence-electron chi connectivity index (χ4n) is 3.15. The van der Waals surface area contributed by atoms with Crippen molar-refractivity contribution < 1.29 is 17.9 Å². The molecule has 0 heterocycles. The van der Waals surface area contributed by atoms with Crippen molar-refractivity contribution >= 4 is 38.4 Å². The zero-order chi connectivity index (χ0) is 21.8. The number of benzene rings is 1. The fourth-order valence-corrected chi connectivity index (χ4v) is 6.08. The second kappa shape index (κ2) is 13.6. The lowest BCUT2D eigenvalue weighted by atomic mass is 10.1. The van der Waals surface area contributed by atoms with Crippen molar-refractivity contribution in [2.75, 3.05) is 12.4 Å². The smallest absolute Gasteiger partial charge is 0.322 e. The summed E-state index contributed by atoms with van der Waals surface area (Å²) in [5, 5.41) is 0. The van der Waals surface area contributed by atoms with Gasteiger partial charge in [0.1, 0.15) is 3.42 Å². The molecule has 0 aliphatic rings.